The molecular weight excluding hydrogens is 178 g/mol. The summed E-state index contributed by atoms with van der Waals surface area (Å²) in [6, 6.07) is 6.98. The predicted octanol–water partition coefficient (Wildman–Crippen LogP) is 2.31. The smallest absolute Gasteiger partial charge is 0.206 e. The quantitative estimate of drug-likeness (QED) is 0.573. The average Bonchev–Trinajstić information content (AvgIpc) is 2.25. The van der Waals surface area contributed by atoms with Crippen LogP contribution in [0.1, 0.15) is 23.7 Å². The number of ketones is 1. The van der Waals surface area contributed by atoms with Gasteiger partial charge in [-0.3, -0.25) is 4.79 Å². The van der Waals surface area contributed by atoms with Crippen molar-refractivity contribution in [3.05, 3.63) is 29.8 Å². The molecule has 0 fully saturated rings. The van der Waals surface area contributed by atoms with Gasteiger partial charge in [0.25, 0.3) is 0 Å². The summed E-state index contributed by atoms with van der Waals surface area (Å²) < 4.78 is 5.39. The number of hydrogen-bond donors (Lipinski definition) is 1. The molecule has 0 heterocycles. The standard InChI is InChI=1S/C11H13NO2/c1-2-7-14-11-6-4-3-5-9(11)10(13)8-12/h3-6,8,12H,2,7H2,1H3. The number of carbonyl (C=O) groups excluding carboxylic acids is 1. The number of Topliss-reactive ketones (excluding diaryl/α,β-unsaturated/α-hetero) is 1. The fourth-order valence-corrected chi connectivity index (χ4v) is 1.09. The van der Waals surface area contributed by atoms with E-state index in [-0.39, 0.29) is 5.78 Å². The highest BCUT2D eigenvalue weighted by molar-refractivity contribution is 6.35. The van der Waals surface area contributed by atoms with Gasteiger partial charge in [-0.15, -0.1) is 0 Å². The predicted molar refractivity (Wildman–Crippen MR) is 55.3 cm³/mol. The van der Waals surface area contributed by atoms with Gasteiger partial charge in [-0.25, -0.2) is 0 Å². The van der Waals surface area contributed by atoms with Crippen LogP contribution >= 0.6 is 0 Å². The number of benzene rings is 1. The molecule has 0 aliphatic heterocycles. The average molecular weight is 191 g/mol. The van der Waals surface area contributed by atoms with Crippen LogP contribution in [0.3, 0.4) is 0 Å². The molecule has 3 heteroatoms. The minimum Gasteiger partial charge on any atom is -0.493 e. The molecule has 0 unspecified atom stereocenters. The number of ether oxygens (including phenoxy) is 1. The lowest BCUT2D eigenvalue weighted by Gasteiger charge is -2.07. The third-order valence-electron chi connectivity index (χ3n) is 1.75. The Kier molecular flexibility index (Phi) is 3.85. The van der Waals surface area contributed by atoms with E-state index in [0.29, 0.717) is 17.9 Å². The van der Waals surface area contributed by atoms with E-state index >= 15 is 0 Å². The number of para-hydroxylation sites is 1. The minimum absolute atomic E-state index is 0.322. The van der Waals surface area contributed by atoms with Crippen molar-refractivity contribution in [2.75, 3.05) is 6.61 Å². The van der Waals surface area contributed by atoms with Crippen molar-refractivity contribution in [3.63, 3.8) is 0 Å². The maximum absolute atomic E-state index is 11.3. The molecule has 3 nitrogen and oxygen atoms in total. The molecular formula is C11H13NO2. The SMILES string of the molecule is CCCOc1ccccc1C(=O)C=N. The molecule has 0 amide bonds. The molecule has 0 spiro atoms. The largest absolute Gasteiger partial charge is 0.493 e. The van der Waals surface area contributed by atoms with Gasteiger partial charge in [0.15, 0.2) is 0 Å². The van der Waals surface area contributed by atoms with Crippen molar-refractivity contribution in [2.45, 2.75) is 13.3 Å². The maximum atomic E-state index is 11.3. The van der Waals surface area contributed by atoms with Crippen LogP contribution in [0.25, 0.3) is 0 Å². The Balaban J connectivity index is 2.90. The highest BCUT2D eigenvalue weighted by Crippen LogP contribution is 2.17. The molecule has 0 atom stereocenters. The molecule has 1 rings (SSSR count). The topological polar surface area (TPSA) is 50.2 Å². The van der Waals surface area contributed by atoms with E-state index in [1.54, 1.807) is 18.2 Å². The molecule has 0 bridgehead atoms. The van der Waals surface area contributed by atoms with Crippen LogP contribution in [0.5, 0.6) is 5.75 Å². The summed E-state index contributed by atoms with van der Waals surface area (Å²) in [5, 5.41) is 6.89. The molecule has 0 aliphatic carbocycles. The van der Waals surface area contributed by atoms with E-state index in [1.807, 2.05) is 13.0 Å². The number of carbonyl (C=O) groups is 1. The first-order valence-corrected chi connectivity index (χ1v) is 4.56. The van der Waals surface area contributed by atoms with Crippen molar-refractivity contribution in [2.24, 2.45) is 0 Å². The molecule has 1 aromatic rings. The Labute approximate surface area is 83.2 Å². The third-order valence-corrected chi connectivity index (χ3v) is 1.75. The molecule has 0 radical (unpaired) electrons. The van der Waals surface area contributed by atoms with E-state index in [4.69, 9.17) is 10.1 Å². The third kappa shape index (κ3) is 2.42. The van der Waals surface area contributed by atoms with Gasteiger partial charge in [0.2, 0.25) is 5.78 Å². The van der Waals surface area contributed by atoms with Crippen LogP contribution in [-0.2, 0) is 0 Å². The van der Waals surface area contributed by atoms with Crippen LogP contribution in [0.4, 0.5) is 0 Å². The first-order chi connectivity index (χ1) is 6.79. The second kappa shape index (κ2) is 5.17. The van der Waals surface area contributed by atoms with E-state index in [2.05, 4.69) is 0 Å². The molecule has 14 heavy (non-hydrogen) atoms. The fourth-order valence-electron chi connectivity index (χ4n) is 1.09. The van der Waals surface area contributed by atoms with Crippen LogP contribution in [-0.4, -0.2) is 18.6 Å². The minimum atomic E-state index is -0.322. The molecule has 0 saturated heterocycles. The van der Waals surface area contributed by atoms with Crippen LogP contribution < -0.4 is 4.74 Å². The van der Waals surface area contributed by atoms with Gasteiger partial charge in [-0.1, -0.05) is 19.1 Å². The lowest BCUT2D eigenvalue weighted by atomic mass is 10.1. The Morgan fingerprint density at radius 2 is 2.21 bits per heavy atom. The summed E-state index contributed by atoms with van der Waals surface area (Å²) in [7, 11) is 0. The fraction of sp³-hybridized carbons (Fsp3) is 0.273. The maximum Gasteiger partial charge on any atom is 0.206 e. The summed E-state index contributed by atoms with van der Waals surface area (Å²) in [6.45, 7) is 2.59. The van der Waals surface area contributed by atoms with Gasteiger partial charge in [0.1, 0.15) is 5.75 Å². The van der Waals surface area contributed by atoms with Gasteiger partial charge in [-0.2, -0.15) is 0 Å². The molecule has 0 saturated carbocycles. The first-order valence-electron chi connectivity index (χ1n) is 4.56. The van der Waals surface area contributed by atoms with Crippen LogP contribution in [0, 0.1) is 5.41 Å². The Hall–Kier alpha value is -1.64. The second-order valence-corrected chi connectivity index (χ2v) is 2.85. The van der Waals surface area contributed by atoms with Gasteiger partial charge in [0, 0.05) is 0 Å². The van der Waals surface area contributed by atoms with E-state index in [1.165, 1.54) is 0 Å². The van der Waals surface area contributed by atoms with Crippen LogP contribution in [0.15, 0.2) is 24.3 Å². The Bertz CT molecular complexity index is 334. The zero-order chi connectivity index (χ0) is 10.4. The molecule has 1 aromatic carbocycles. The highest BCUT2D eigenvalue weighted by Gasteiger charge is 2.08. The Morgan fingerprint density at radius 3 is 2.86 bits per heavy atom. The van der Waals surface area contributed by atoms with Crippen molar-refractivity contribution in [1.29, 1.82) is 5.41 Å². The summed E-state index contributed by atoms with van der Waals surface area (Å²) >= 11 is 0. The molecule has 74 valence electrons. The monoisotopic (exact) mass is 191 g/mol. The lowest BCUT2D eigenvalue weighted by Crippen LogP contribution is -2.04. The van der Waals surface area contributed by atoms with Gasteiger partial charge < -0.3 is 10.1 Å². The number of hydrogen-bond acceptors (Lipinski definition) is 3. The van der Waals surface area contributed by atoms with Crippen molar-refractivity contribution < 1.29 is 9.53 Å². The summed E-state index contributed by atoms with van der Waals surface area (Å²) in [4.78, 5) is 11.3. The van der Waals surface area contributed by atoms with Gasteiger partial charge in [-0.05, 0) is 18.6 Å². The van der Waals surface area contributed by atoms with Crippen LogP contribution in [0.2, 0.25) is 0 Å². The zero-order valence-electron chi connectivity index (χ0n) is 8.12. The summed E-state index contributed by atoms with van der Waals surface area (Å²) in [5.41, 5.74) is 0.455. The van der Waals surface area contributed by atoms with Gasteiger partial charge >= 0.3 is 0 Å². The second-order valence-electron chi connectivity index (χ2n) is 2.85. The first kappa shape index (κ1) is 10.4. The van der Waals surface area contributed by atoms with Crippen molar-refractivity contribution >= 4 is 12.0 Å². The van der Waals surface area contributed by atoms with E-state index < -0.39 is 0 Å². The van der Waals surface area contributed by atoms with Crippen molar-refractivity contribution in [3.8, 4) is 5.75 Å². The number of rotatable bonds is 5. The lowest BCUT2D eigenvalue weighted by molar-refractivity contribution is 0.106. The summed E-state index contributed by atoms with van der Waals surface area (Å²) in [5.74, 6) is 0.236. The van der Waals surface area contributed by atoms with E-state index in [9.17, 15) is 4.79 Å². The molecule has 1 N–H and O–H groups in total. The zero-order valence-corrected chi connectivity index (χ0v) is 8.12. The van der Waals surface area contributed by atoms with Crippen molar-refractivity contribution in [1.82, 2.24) is 0 Å². The van der Waals surface area contributed by atoms with E-state index in [0.717, 1.165) is 12.6 Å². The number of nitrogens with one attached hydrogen (secondary N) is 1. The Morgan fingerprint density at radius 1 is 1.50 bits per heavy atom. The normalized spacial score (nSPS) is 9.50. The van der Waals surface area contributed by atoms with Gasteiger partial charge in [0.05, 0.1) is 18.4 Å². The summed E-state index contributed by atoms with van der Waals surface area (Å²) in [6.07, 6.45) is 1.70. The molecule has 0 aromatic heterocycles. The highest BCUT2D eigenvalue weighted by atomic mass is 16.5. The molecule has 0 aliphatic rings.